The van der Waals surface area contributed by atoms with Crippen molar-refractivity contribution in [2.45, 2.75) is 90.4 Å². The SMILES string of the molecule is CC(CO[Si](C(C)C)(C(C)C)C(C)C)NC(=O)c1cccc(/C=C\CCCC(=O)N(C)C)c1. The topological polar surface area (TPSA) is 58.6 Å². The van der Waals surface area contributed by atoms with Crippen molar-refractivity contribution in [3.8, 4) is 0 Å². The molecule has 0 aliphatic carbocycles. The highest BCUT2D eigenvalue weighted by Crippen LogP contribution is 2.42. The number of nitrogens with one attached hydrogen (secondary N) is 1. The first-order valence-electron chi connectivity index (χ1n) is 12.3. The number of allylic oxidation sites excluding steroid dienone is 1. The molecule has 0 bridgehead atoms. The van der Waals surface area contributed by atoms with Crippen LogP contribution in [0.4, 0.5) is 0 Å². The predicted molar refractivity (Wildman–Crippen MR) is 142 cm³/mol. The van der Waals surface area contributed by atoms with Gasteiger partial charge < -0.3 is 14.6 Å². The maximum absolute atomic E-state index is 12.8. The Kier molecular flexibility index (Phi) is 12.1. The molecule has 0 radical (unpaired) electrons. The largest absolute Gasteiger partial charge is 0.414 e. The molecule has 6 heteroatoms. The van der Waals surface area contributed by atoms with Crippen molar-refractivity contribution in [1.82, 2.24) is 10.2 Å². The van der Waals surface area contributed by atoms with E-state index in [1.807, 2.05) is 37.3 Å². The second-order valence-corrected chi connectivity index (χ2v) is 15.7. The Bertz CT molecular complexity index is 766. The lowest BCUT2D eigenvalue weighted by molar-refractivity contribution is -0.128. The van der Waals surface area contributed by atoms with Gasteiger partial charge in [0.25, 0.3) is 5.91 Å². The van der Waals surface area contributed by atoms with Crippen LogP contribution in [0.5, 0.6) is 0 Å². The first-order valence-corrected chi connectivity index (χ1v) is 14.5. The molecule has 186 valence electrons. The number of hydrogen-bond donors (Lipinski definition) is 1. The van der Waals surface area contributed by atoms with E-state index in [1.54, 1.807) is 19.0 Å². The first-order chi connectivity index (χ1) is 15.4. The van der Waals surface area contributed by atoms with Gasteiger partial charge in [0.05, 0.1) is 6.61 Å². The molecular weight excluding hydrogens is 428 g/mol. The molecule has 1 rings (SSSR count). The molecule has 0 heterocycles. The zero-order valence-electron chi connectivity index (χ0n) is 22.3. The lowest BCUT2D eigenvalue weighted by Crippen LogP contribution is -2.50. The molecule has 1 unspecified atom stereocenters. The van der Waals surface area contributed by atoms with E-state index in [1.165, 1.54) is 0 Å². The quantitative estimate of drug-likeness (QED) is 0.271. The highest BCUT2D eigenvalue weighted by molar-refractivity contribution is 6.77. The number of benzene rings is 1. The van der Waals surface area contributed by atoms with Gasteiger partial charge in [-0.3, -0.25) is 9.59 Å². The number of amides is 2. The average molecular weight is 475 g/mol. The lowest BCUT2D eigenvalue weighted by Gasteiger charge is -2.42. The Labute approximate surface area is 203 Å². The van der Waals surface area contributed by atoms with Crippen LogP contribution in [0.1, 0.15) is 83.7 Å². The molecule has 1 atom stereocenters. The average Bonchev–Trinajstić information content (AvgIpc) is 2.73. The van der Waals surface area contributed by atoms with Gasteiger partial charge in [-0.25, -0.2) is 0 Å². The Morgan fingerprint density at radius 1 is 1.03 bits per heavy atom. The first kappa shape index (κ1) is 29.1. The lowest BCUT2D eigenvalue weighted by atomic mass is 10.1. The van der Waals surface area contributed by atoms with Crippen LogP contribution in [0.2, 0.25) is 16.6 Å². The second kappa shape index (κ2) is 13.7. The van der Waals surface area contributed by atoms with Gasteiger partial charge in [0.15, 0.2) is 8.32 Å². The third kappa shape index (κ3) is 8.74. The summed E-state index contributed by atoms with van der Waals surface area (Å²) in [5, 5.41) is 3.10. The van der Waals surface area contributed by atoms with E-state index >= 15 is 0 Å². The minimum atomic E-state index is -1.95. The number of carbonyl (C=O) groups excluding carboxylic acids is 2. The van der Waals surface area contributed by atoms with E-state index in [2.05, 4.69) is 52.9 Å². The van der Waals surface area contributed by atoms with E-state index in [-0.39, 0.29) is 17.9 Å². The van der Waals surface area contributed by atoms with Crippen LogP contribution in [-0.2, 0) is 9.22 Å². The van der Waals surface area contributed by atoms with E-state index < -0.39 is 8.32 Å². The van der Waals surface area contributed by atoms with Gasteiger partial charge in [0.1, 0.15) is 0 Å². The summed E-state index contributed by atoms with van der Waals surface area (Å²) >= 11 is 0. The summed E-state index contributed by atoms with van der Waals surface area (Å²) in [6.07, 6.45) is 6.27. The summed E-state index contributed by atoms with van der Waals surface area (Å²) in [5.41, 5.74) is 3.18. The number of carbonyl (C=O) groups is 2. The van der Waals surface area contributed by atoms with Crippen molar-refractivity contribution in [2.75, 3.05) is 20.7 Å². The van der Waals surface area contributed by atoms with E-state index in [4.69, 9.17) is 4.43 Å². The van der Waals surface area contributed by atoms with Gasteiger partial charge in [-0.1, -0.05) is 65.8 Å². The number of hydrogen-bond acceptors (Lipinski definition) is 3. The molecule has 33 heavy (non-hydrogen) atoms. The Balaban J connectivity index is 2.67. The molecule has 0 aliphatic rings. The van der Waals surface area contributed by atoms with Gasteiger partial charge in [0.2, 0.25) is 5.91 Å². The molecule has 0 spiro atoms. The minimum absolute atomic E-state index is 0.0611. The molecule has 2 amide bonds. The smallest absolute Gasteiger partial charge is 0.251 e. The normalized spacial score (nSPS) is 13.2. The maximum Gasteiger partial charge on any atom is 0.251 e. The van der Waals surface area contributed by atoms with Crippen LogP contribution in [0, 0.1) is 0 Å². The zero-order valence-corrected chi connectivity index (χ0v) is 23.3. The number of unbranched alkanes of at least 4 members (excludes halogenated alkanes) is 1. The van der Waals surface area contributed by atoms with Gasteiger partial charge in [-0.2, -0.15) is 0 Å². The van der Waals surface area contributed by atoms with Gasteiger partial charge >= 0.3 is 0 Å². The fourth-order valence-corrected chi connectivity index (χ4v) is 10.3. The Morgan fingerprint density at radius 2 is 1.64 bits per heavy atom. The third-order valence-corrected chi connectivity index (χ3v) is 12.5. The van der Waals surface area contributed by atoms with E-state index in [0.29, 0.717) is 35.2 Å². The van der Waals surface area contributed by atoms with Crippen molar-refractivity contribution in [3.63, 3.8) is 0 Å². The zero-order chi connectivity index (χ0) is 25.2. The highest BCUT2D eigenvalue weighted by atomic mass is 28.4. The molecule has 1 aromatic carbocycles. The minimum Gasteiger partial charge on any atom is -0.414 e. The molecule has 0 saturated heterocycles. The number of nitrogens with zero attached hydrogens (tertiary/aromatic N) is 1. The maximum atomic E-state index is 12.8. The molecule has 0 saturated carbocycles. The molecular formula is C27H46N2O3Si. The van der Waals surface area contributed by atoms with Crippen LogP contribution in [0.3, 0.4) is 0 Å². The van der Waals surface area contributed by atoms with Crippen molar-refractivity contribution in [2.24, 2.45) is 0 Å². The fraction of sp³-hybridized carbons (Fsp3) is 0.630. The van der Waals surface area contributed by atoms with Crippen LogP contribution >= 0.6 is 0 Å². The van der Waals surface area contributed by atoms with Crippen molar-refractivity contribution >= 4 is 26.2 Å². The summed E-state index contributed by atoms with van der Waals surface area (Å²) in [6, 6.07) is 7.57. The molecule has 5 nitrogen and oxygen atoms in total. The van der Waals surface area contributed by atoms with Gasteiger partial charge in [-0.15, -0.1) is 0 Å². The summed E-state index contributed by atoms with van der Waals surface area (Å²) in [6.45, 7) is 16.2. The van der Waals surface area contributed by atoms with Gasteiger partial charge in [-0.05, 0) is 54.1 Å². The molecule has 1 N–H and O–H groups in total. The standard InChI is InChI=1S/C27H46N2O3Si/c1-20(2)33(21(3)4,22(5)6)32-19-23(7)28-27(31)25-16-13-15-24(18-25)14-11-10-12-17-26(30)29(8)9/h11,13-16,18,20-23H,10,12,17,19H2,1-9H3,(H,28,31)/b14-11-. The summed E-state index contributed by atoms with van der Waals surface area (Å²) in [4.78, 5) is 26.1. The Hall–Kier alpha value is -1.92. The molecule has 0 aliphatic heterocycles. The fourth-order valence-electron chi connectivity index (χ4n) is 4.72. The predicted octanol–water partition coefficient (Wildman–Crippen LogP) is 6.27. The van der Waals surface area contributed by atoms with Crippen LogP contribution in [0.25, 0.3) is 6.08 Å². The third-order valence-electron chi connectivity index (χ3n) is 6.39. The highest BCUT2D eigenvalue weighted by Gasteiger charge is 2.45. The molecule has 1 aromatic rings. The van der Waals surface area contributed by atoms with Gasteiger partial charge in [0, 0.05) is 32.1 Å². The van der Waals surface area contributed by atoms with Crippen LogP contribution in [0.15, 0.2) is 30.3 Å². The Morgan fingerprint density at radius 3 is 2.18 bits per heavy atom. The molecule has 0 aromatic heterocycles. The van der Waals surface area contributed by atoms with E-state index in [9.17, 15) is 9.59 Å². The summed E-state index contributed by atoms with van der Waals surface area (Å²) in [5.74, 6) is 0.0686. The van der Waals surface area contributed by atoms with Crippen LogP contribution in [-0.4, -0.2) is 51.8 Å². The molecule has 0 fully saturated rings. The van der Waals surface area contributed by atoms with Crippen molar-refractivity contribution < 1.29 is 14.0 Å². The monoisotopic (exact) mass is 474 g/mol. The number of rotatable bonds is 13. The van der Waals surface area contributed by atoms with Crippen molar-refractivity contribution in [3.05, 3.63) is 41.5 Å². The second-order valence-electron chi connectivity index (χ2n) is 10.2. The summed E-state index contributed by atoms with van der Waals surface area (Å²) in [7, 11) is 1.60. The van der Waals surface area contributed by atoms with Crippen LogP contribution < -0.4 is 5.32 Å². The van der Waals surface area contributed by atoms with Crippen molar-refractivity contribution in [1.29, 1.82) is 0 Å². The van der Waals surface area contributed by atoms with E-state index in [0.717, 1.165) is 18.4 Å². The summed E-state index contributed by atoms with van der Waals surface area (Å²) < 4.78 is 6.63.